The van der Waals surface area contributed by atoms with Crippen LogP contribution in [0.15, 0.2) is 91.1 Å². The van der Waals surface area contributed by atoms with Crippen LogP contribution in [0.1, 0.15) is 11.1 Å². The third-order valence-electron chi connectivity index (χ3n) is 4.63. The minimum Gasteiger partial charge on any atom is -0.497 e. The maximum Gasteiger partial charge on any atom is 0.118 e. The molecule has 0 bridgehead atoms. The monoisotopic (exact) mass is 377 g/mol. The van der Waals surface area contributed by atoms with Gasteiger partial charge in [0.15, 0.2) is 0 Å². The highest BCUT2D eigenvalue weighted by atomic mass is 16.5. The van der Waals surface area contributed by atoms with Gasteiger partial charge in [-0.1, -0.05) is 48.5 Å². The molecule has 0 atom stereocenters. The van der Waals surface area contributed by atoms with Crippen molar-refractivity contribution in [2.24, 2.45) is 0 Å². The molecule has 0 amide bonds. The van der Waals surface area contributed by atoms with Crippen molar-refractivity contribution < 1.29 is 4.74 Å². The van der Waals surface area contributed by atoms with Crippen molar-refractivity contribution in [3.63, 3.8) is 0 Å². The second-order valence-electron chi connectivity index (χ2n) is 6.48. The summed E-state index contributed by atoms with van der Waals surface area (Å²) >= 11 is 0. The molecule has 4 heteroatoms. The molecule has 1 aromatic heterocycles. The molecule has 29 heavy (non-hydrogen) atoms. The minimum atomic E-state index is 0.591. The first-order valence-electron chi connectivity index (χ1n) is 9.25. The average Bonchev–Trinajstić information content (AvgIpc) is 3.22. The number of benzene rings is 3. The van der Waals surface area contributed by atoms with Crippen LogP contribution in [-0.2, 0) is 0 Å². The molecule has 0 saturated carbocycles. The summed E-state index contributed by atoms with van der Waals surface area (Å²) in [4.78, 5) is 0. The van der Waals surface area contributed by atoms with E-state index in [4.69, 9.17) is 9.84 Å². The highest BCUT2D eigenvalue weighted by Crippen LogP contribution is 2.29. The molecule has 0 N–H and O–H groups in total. The van der Waals surface area contributed by atoms with E-state index in [2.05, 4.69) is 6.07 Å². The van der Waals surface area contributed by atoms with Gasteiger partial charge < -0.3 is 4.74 Å². The molecular formula is C25H19N3O. The zero-order valence-corrected chi connectivity index (χ0v) is 16.0. The Kier molecular flexibility index (Phi) is 5.22. The first-order valence-corrected chi connectivity index (χ1v) is 9.25. The van der Waals surface area contributed by atoms with Crippen LogP contribution in [0.25, 0.3) is 28.6 Å². The first kappa shape index (κ1) is 18.3. The summed E-state index contributed by atoms with van der Waals surface area (Å²) in [6.07, 6.45) is 3.84. The molecule has 0 spiro atoms. The fraction of sp³-hybridized carbons (Fsp3) is 0.0400. The van der Waals surface area contributed by atoms with Gasteiger partial charge in [0.2, 0.25) is 0 Å². The maximum atomic E-state index is 9.73. The highest BCUT2D eigenvalue weighted by Gasteiger charge is 2.13. The fourth-order valence-corrected chi connectivity index (χ4v) is 3.13. The lowest BCUT2D eigenvalue weighted by Crippen LogP contribution is -1.94. The number of para-hydroxylation sites is 1. The van der Waals surface area contributed by atoms with Crippen LogP contribution in [0.5, 0.6) is 5.75 Å². The number of hydrogen-bond donors (Lipinski definition) is 0. The summed E-state index contributed by atoms with van der Waals surface area (Å²) in [6.45, 7) is 0. The predicted molar refractivity (Wildman–Crippen MR) is 115 cm³/mol. The summed E-state index contributed by atoms with van der Waals surface area (Å²) in [7, 11) is 1.65. The van der Waals surface area contributed by atoms with Gasteiger partial charge in [-0.05, 0) is 48.0 Å². The fourth-order valence-electron chi connectivity index (χ4n) is 3.13. The van der Waals surface area contributed by atoms with Crippen molar-refractivity contribution in [3.05, 3.63) is 102 Å². The topological polar surface area (TPSA) is 50.8 Å². The van der Waals surface area contributed by atoms with Gasteiger partial charge >= 0.3 is 0 Å². The quantitative estimate of drug-likeness (QED) is 0.425. The van der Waals surface area contributed by atoms with Crippen molar-refractivity contribution in [1.82, 2.24) is 9.78 Å². The molecule has 3 aromatic carbocycles. The second-order valence-corrected chi connectivity index (χ2v) is 6.48. The molecule has 0 aliphatic rings. The Labute approximate surface area is 169 Å². The van der Waals surface area contributed by atoms with E-state index in [1.54, 1.807) is 7.11 Å². The Hall–Kier alpha value is -4.10. The van der Waals surface area contributed by atoms with Gasteiger partial charge in [0.1, 0.15) is 5.75 Å². The summed E-state index contributed by atoms with van der Waals surface area (Å²) in [5, 5.41) is 14.5. The van der Waals surface area contributed by atoms with Crippen LogP contribution in [0.3, 0.4) is 0 Å². The lowest BCUT2D eigenvalue weighted by atomic mass is 10.0. The minimum absolute atomic E-state index is 0.591. The van der Waals surface area contributed by atoms with E-state index in [0.29, 0.717) is 5.57 Å². The van der Waals surface area contributed by atoms with Crippen LogP contribution in [0.4, 0.5) is 0 Å². The molecule has 0 radical (unpaired) electrons. The normalized spacial score (nSPS) is 11.1. The van der Waals surface area contributed by atoms with Crippen LogP contribution in [0.2, 0.25) is 0 Å². The Morgan fingerprint density at radius 1 is 0.931 bits per heavy atom. The standard InChI is InChI=1S/C25H19N3O/c1-29-24-14-12-20(13-15-24)25-22(16-21(17-26)19-8-4-2-5-9-19)18-28(27-25)23-10-6-3-7-11-23/h2-16,18H,1H3. The lowest BCUT2D eigenvalue weighted by Gasteiger charge is -2.03. The molecule has 4 nitrogen and oxygen atoms in total. The van der Waals surface area contributed by atoms with Gasteiger partial charge in [0.25, 0.3) is 0 Å². The van der Waals surface area contributed by atoms with Crippen LogP contribution >= 0.6 is 0 Å². The van der Waals surface area contributed by atoms with Crippen molar-refractivity contribution >= 4 is 11.6 Å². The Morgan fingerprint density at radius 2 is 1.59 bits per heavy atom. The Balaban J connectivity index is 1.86. The third kappa shape index (κ3) is 3.95. The van der Waals surface area contributed by atoms with E-state index in [-0.39, 0.29) is 0 Å². The Bertz CT molecular complexity index is 1170. The smallest absolute Gasteiger partial charge is 0.118 e. The second kappa shape index (κ2) is 8.28. The molecule has 0 fully saturated rings. The molecule has 1 heterocycles. The van der Waals surface area contributed by atoms with Crippen LogP contribution in [-0.4, -0.2) is 16.9 Å². The van der Waals surface area contributed by atoms with Crippen molar-refractivity contribution in [2.75, 3.05) is 7.11 Å². The summed E-state index contributed by atoms with van der Waals surface area (Å²) in [6, 6.07) is 29.7. The van der Waals surface area contributed by atoms with Crippen molar-refractivity contribution in [3.8, 4) is 28.8 Å². The third-order valence-corrected chi connectivity index (χ3v) is 4.63. The molecule has 0 aliphatic carbocycles. The molecular weight excluding hydrogens is 358 g/mol. The van der Waals surface area contributed by atoms with Gasteiger partial charge in [-0.15, -0.1) is 0 Å². The molecule has 4 aromatic rings. The molecule has 0 aliphatic heterocycles. The molecule has 140 valence electrons. The maximum absolute atomic E-state index is 9.73. The number of methoxy groups -OCH3 is 1. The van der Waals surface area contributed by atoms with Gasteiger partial charge in [-0.25, -0.2) is 4.68 Å². The van der Waals surface area contributed by atoms with E-state index in [0.717, 1.165) is 33.8 Å². The van der Waals surface area contributed by atoms with Crippen molar-refractivity contribution in [1.29, 1.82) is 5.26 Å². The lowest BCUT2D eigenvalue weighted by molar-refractivity contribution is 0.415. The number of rotatable bonds is 5. The summed E-state index contributed by atoms with van der Waals surface area (Å²) in [5.41, 5.74) is 5.06. The zero-order valence-electron chi connectivity index (χ0n) is 16.0. The molecule has 0 unspecified atom stereocenters. The van der Waals surface area contributed by atoms with E-state index in [1.807, 2.05) is 102 Å². The average molecular weight is 377 g/mol. The zero-order chi connectivity index (χ0) is 20.1. The highest BCUT2D eigenvalue weighted by molar-refractivity contribution is 5.92. The van der Waals surface area contributed by atoms with E-state index >= 15 is 0 Å². The van der Waals surface area contributed by atoms with E-state index in [1.165, 1.54) is 0 Å². The largest absolute Gasteiger partial charge is 0.497 e. The van der Waals surface area contributed by atoms with Gasteiger partial charge in [0.05, 0.1) is 30.1 Å². The number of aromatic nitrogens is 2. The first-order chi connectivity index (χ1) is 14.3. The van der Waals surface area contributed by atoms with Crippen LogP contribution in [0, 0.1) is 11.3 Å². The Morgan fingerprint density at radius 3 is 2.21 bits per heavy atom. The number of hydrogen-bond acceptors (Lipinski definition) is 3. The van der Waals surface area contributed by atoms with Gasteiger partial charge in [-0.2, -0.15) is 10.4 Å². The van der Waals surface area contributed by atoms with Gasteiger partial charge in [0, 0.05) is 17.3 Å². The van der Waals surface area contributed by atoms with Crippen molar-refractivity contribution in [2.45, 2.75) is 0 Å². The molecule has 4 rings (SSSR count). The van der Waals surface area contributed by atoms with E-state index in [9.17, 15) is 5.26 Å². The number of nitriles is 1. The van der Waals surface area contributed by atoms with Gasteiger partial charge in [-0.3, -0.25) is 0 Å². The number of nitrogens with zero attached hydrogens (tertiary/aromatic N) is 3. The molecule has 0 saturated heterocycles. The van der Waals surface area contributed by atoms with E-state index < -0.39 is 0 Å². The summed E-state index contributed by atoms with van der Waals surface area (Å²) < 4.78 is 7.11. The van der Waals surface area contributed by atoms with Crippen LogP contribution < -0.4 is 4.74 Å². The number of ether oxygens (including phenoxy) is 1. The number of allylic oxidation sites excluding steroid dienone is 1. The SMILES string of the molecule is COc1ccc(-c2nn(-c3ccccc3)cc2C=C(C#N)c2ccccc2)cc1. The summed E-state index contributed by atoms with van der Waals surface area (Å²) in [5.74, 6) is 0.787. The predicted octanol–water partition coefficient (Wildman–Crippen LogP) is 5.61.